The third-order valence-electron chi connectivity index (χ3n) is 4.13. The van der Waals surface area contributed by atoms with Crippen molar-refractivity contribution in [2.45, 2.75) is 64.9 Å². The summed E-state index contributed by atoms with van der Waals surface area (Å²) in [6, 6.07) is -4.92. The Balaban J connectivity index is 5.18. The van der Waals surface area contributed by atoms with Crippen molar-refractivity contribution in [3.05, 3.63) is 0 Å². The van der Waals surface area contributed by atoms with Crippen molar-refractivity contribution < 1.29 is 34.5 Å². The quantitative estimate of drug-likeness (QED) is 0.197. The van der Waals surface area contributed by atoms with Gasteiger partial charge in [-0.25, -0.2) is 4.79 Å². The molecular weight excluding hydrogens is 372 g/mol. The molecule has 0 saturated carbocycles. The van der Waals surface area contributed by atoms with Crippen LogP contribution in [0.4, 0.5) is 0 Å². The fourth-order valence-corrected chi connectivity index (χ4v) is 2.19. The predicted octanol–water partition coefficient (Wildman–Crippen LogP) is -2.46. The molecule has 0 aromatic carbocycles. The smallest absolute Gasteiger partial charge is 0.328 e. The zero-order valence-electron chi connectivity index (χ0n) is 16.8. The van der Waals surface area contributed by atoms with Crippen LogP contribution in [0.15, 0.2) is 0 Å². The molecule has 0 aromatic rings. The zero-order valence-corrected chi connectivity index (χ0v) is 16.8. The van der Waals surface area contributed by atoms with E-state index in [-0.39, 0.29) is 11.8 Å². The molecule has 162 valence electrons. The Bertz CT molecular complexity index is 566. The van der Waals surface area contributed by atoms with E-state index in [0.717, 1.165) is 0 Å². The summed E-state index contributed by atoms with van der Waals surface area (Å²) in [4.78, 5) is 47.9. The van der Waals surface area contributed by atoms with E-state index >= 15 is 0 Å². The van der Waals surface area contributed by atoms with E-state index in [2.05, 4.69) is 10.6 Å². The van der Waals surface area contributed by atoms with Crippen LogP contribution >= 0.6 is 0 Å². The number of carbonyl (C=O) groups excluding carboxylic acids is 3. The van der Waals surface area contributed by atoms with E-state index < -0.39 is 60.6 Å². The van der Waals surface area contributed by atoms with E-state index in [1.54, 1.807) is 27.7 Å². The van der Waals surface area contributed by atoms with Crippen LogP contribution in [0.2, 0.25) is 0 Å². The summed E-state index contributed by atoms with van der Waals surface area (Å²) < 4.78 is 0. The van der Waals surface area contributed by atoms with Crippen LogP contribution < -0.4 is 21.7 Å². The van der Waals surface area contributed by atoms with Crippen molar-refractivity contribution in [2.24, 2.45) is 17.6 Å². The van der Waals surface area contributed by atoms with Gasteiger partial charge in [0.15, 0.2) is 6.04 Å². The average Bonchev–Trinajstić information content (AvgIpc) is 2.59. The van der Waals surface area contributed by atoms with E-state index in [9.17, 15) is 29.4 Å². The molecule has 28 heavy (non-hydrogen) atoms. The van der Waals surface area contributed by atoms with Gasteiger partial charge >= 0.3 is 5.97 Å². The topological polar surface area (TPSA) is 191 Å². The highest BCUT2D eigenvalue weighted by molar-refractivity contribution is 5.94. The standard InChI is InChI=1S/C17H32N4O7/c1-7(2)11(18)15(25)20-12(8(3)4)16(26)19-10(6-22)14(24)21-13(9(5)23)17(27)28/h7-13,22-23H,6,18H2,1-5H3,(H,19,26)(H,20,25)(H,21,24)(H,27,28). The lowest BCUT2D eigenvalue weighted by molar-refractivity contribution is -0.145. The summed E-state index contributed by atoms with van der Waals surface area (Å²) in [5, 5.41) is 34.7. The number of aliphatic hydroxyl groups excluding tert-OH is 2. The van der Waals surface area contributed by atoms with Gasteiger partial charge in [0.2, 0.25) is 17.7 Å². The summed E-state index contributed by atoms with van der Waals surface area (Å²) in [5.74, 6) is -4.24. The minimum atomic E-state index is -1.61. The molecule has 0 rings (SSSR count). The second kappa shape index (κ2) is 11.6. The van der Waals surface area contributed by atoms with Crippen molar-refractivity contribution in [1.29, 1.82) is 0 Å². The number of carboxylic acid groups (broad SMARTS) is 1. The molecule has 0 aromatic heterocycles. The molecule has 0 saturated heterocycles. The molecule has 0 bridgehead atoms. The Hall–Kier alpha value is -2.24. The lowest BCUT2D eigenvalue weighted by Crippen LogP contribution is -2.60. The molecule has 0 spiro atoms. The van der Waals surface area contributed by atoms with Crippen molar-refractivity contribution in [3.63, 3.8) is 0 Å². The molecule has 0 radical (unpaired) electrons. The minimum absolute atomic E-state index is 0.153. The third-order valence-corrected chi connectivity index (χ3v) is 4.13. The number of carboxylic acids is 1. The summed E-state index contributed by atoms with van der Waals surface area (Å²) in [6.45, 7) is 7.21. The van der Waals surface area contributed by atoms with Crippen molar-refractivity contribution >= 4 is 23.7 Å². The predicted molar refractivity (Wildman–Crippen MR) is 99.8 cm³/mol. The van der Waals surface area contributed by atoms with Crippen LogP contribution in [0.25, 0.3) is 0 Å². The summed E-state index contributed by atoms with van der Waals surface area (Å²) >= 11 is 0. The van der Waals surface area contributed by atoms with Gasteiger partial charge in [-0.05, 0) is 18.8 Å². The van der Waals surface area contributed by atoms with Gasteiger partial charge in [0.1, 0.15) is 12.1 Å². The Morgan fingerprint density at radius 3 is 1.68 bits per heavy atom. The highest BCUT2D eigenvalue weighted by Crippen LogP contribution is 2.06. The number of aliphatic carboxylic acids is 1. The van der Waals surface area contributed by atoms with Gasteiger partial charge in [-0.2, -0.15) is 0 Å². The van der Waals surface area contributed by atoms with Crippen LogP contribution in [0.1, 0.15) is 34.6 Å². The lowest BCUT2D eigenvalue weighted by Gasteiger charge is -2.27. The molecule has 11 heteroatoms. The van der Waals surface area contributed by atoms with Gasteiger partial charge < -0.3 is 37.0 Å². The van der Waals surface area contributed by atoms with E-state index in [4.69, 9.17) is 10.8 Å². The third kappa shape index (κ3) is 7.79. The van der Waals surface area contributed by atoms with Gasteiger partial charge in [0.05, 0.1) is 18.8 Å². The summed E-state index contributed by atoms with van der Waals surface area (Å²) in [7, 11) is 0. The van der Waals surface area contributed by atoms with E-state index in [1.165, 1.54) is 6.92 Å². The van der Waals surface area contributed by atoms with Crippen molar-refractivity contribution in [3.8, 4) is 0 Å². The van der Waals surface area contributed by atoms with Crippen molar-refractivity contribution in [1.82, 2.24) is 16.0 Å². The van der Waals surface area contributed by atoms with Crippen LogP contribution in [0.5, 0.6) is 0 Å². The van der Waals surface area contributed by atoms with Gasteiger partial charge in [-0.3, -0.25) is 14.4 Å². The van der Waals surface area contributed by atoms with Gasteiger partial charge in [-0.15, -0.1) is 0 Å². The van der Waals surface area contributed by atoms with Crippen LogP contribution in [-0.4, -0.2) is 75.9 Å². The maximum atomic E-state index is 12.5. The second-order valence-electron chi connectivity index (χ2n) is 7.31. The van der Waals surface area contributed by atoms with Crippen LogP contribution in [-0.2, 0) is 19.2 Å². The number of carbonyl (C=O) groups is 4. The monoisotopic (exact) mass is 404 g/mol. The average molecular weight is 404 g/mol. The van der Waals surface area contributed by atoms with Gasteiger partial charge in [-0.1, -0.05) is 27.7 Å². The molecule has 0 heterocycles. The number of hydrogen-bond acceptors (Lipinski definition) is 7. The number of amides is 3. The Labute approximate surface area is 164 Å². The first-order valence-electron chi connectivity index (χ1n) is 9.01. The lowest BCUT2D eigenvalue weighted by atomic mass is 10.00. The normalized spacial score (nSPS) is 16.6. The number of nitrogens with two attached hydrogens (primary N) is 1. The highest BCUT2D eigenvalue weighted by Gasteiger charge is 2.32. The number of hydrogen-bond donors (Lipinski definition) is 7. The van der Waals surface area contributed by atoms with Gasteiger partial charge in [0, 0.05) is 0 Å². The summed E-state index contributed by atoms with van der Waals surface area (Å²) in [6.07, 6.45) is -1.39. The molecular formula is C17H32N4O7. The first-order valence-corrected chi connectivity index (χ1v) is 9.01. The Morgan fingerprint density at radius 2 is 1.32 bits per heavy atom. The molecule has 3 amide bonds. The molecule has 0 aliphatic heterocycles. The number of rotatable bonds is 11. The zero-order chi connectivity index (χ0) is 22.2. The Kier molecular flexibility index (Phi) is 10.6. The van der Waals surface area contributed by atoms with E-state index in [0.29, 0.717) is 0 Å². The van der Waals surface area contributed by atoms with E-state index in [1.807, 2.05) is 5.32 Å². The van der Waals surface area contributed by atoms with Crippen LogP contribution in [0.3, 0.4) is 0 Å². The first-order chi connectivity index (χ1) is 12.8. The maximum absolute atomic E-state index is 12.5. The minimum Gasteiger partial charge on any atom is -0.480 e. The molecule has 5 unspecified atom stereocenters. The molecule has 8 N–H and O–H groups in total. The maximum Gasteiger partial charge on any atom is 0.328 e. The highest BCUT2D eigenvalue weighted by atomic mass is 16.4. The fourth-order valence-electron chi connectivity index (χ4n) is 2.19. The largest absolute Gasteiger partial charge is 0.480 e. The summed E-state index contributed by atoms with van der Waals surface area (Å²) in [5.41, 5.74) is 5.77. The molecule has 0 fully saturated rings. The van der Waals surface area contributed by atoms with Gasteiger partial charge in [0.25, 0.3) is 0 Å². The first kappa shape index (κ1) is 25.8. The number of nitrogens with one attached hydrogen (secondary N) is 3. The molecule has 0 aliphatic rings. The molecule has 0 aliphatic carbocycles. The van der Waals surface area contributed by atoms with Crippen LogP contribution in [0, 0.1) is 11.8 Å². The van der Waals surface area contributed by atoms with Crippen molar-refractivity contribution in [2.75, 3.05) is 6.61 Å². The Morgan fingerprint density at radius 1 is 0.821 bits per heavy atom. The number of aliphatic hydroxyl groups is 2. The second-order valence-corrected chi connectivity index (χ2v) is 7.31. The SMILES string of the molecule is CC(C)C(N)C(=O)NC(C(=O)NC(CO)C(=O)NC(C(=O)O)C(C)O)C(C)C. The molecule has 11 nitrogen and oxygen atoms in total. The molecule has 5 atom stereocenters. The fraction of sp³-hybridized carbons (Fsp3) is 0.765.